The predicted molar refractivity (Wildman–Crippen MR) is 48.3 cm³/mol. The van der Waals surface area contributed by atoms with Crippen LogP contribution in [0.4, 0.5) is 0 Å². The third-order valence-electron chi connectivity index (χ3n) is 2.04. The van der Waals surface area contributed by atoms with Crippen LogP contribution in [0.3, 0.4) is 0 Å². The Kier molecular flexibility index (Phi) is 1.14. The van der Waals surface area contributed by atoms with Gasteiger partial charge in [0.25, 0.3) is 0 Å². The van der Waals surface area contributed by atoms with Crippen molar-refractivity contribution in [1.29, 1.82) is 0 Å². The number of hydrogen-bond donors (Lipinski definition) is 1. The minimum absolute atomic E-state index is 0.877. The van der Waals surface area contributed by atoms with E-state index in [0.717, 1.165) is 22.4 Å². The van der Waals surface area contributed by atoms with Crippen LogP contribution in [0, 0.1) is 0 Å². The first-order valence-electron chi connectivity index (χ1n) is 3.97. The maximum Gasteiger partial charge on any atom is 0.116 e. The molecule has 62 valence electrons. The van der Waals surface area contributed by atoms with Crippen molar-refractivity contribution < 1.29 is 0 Å². The summed E-state index contributed by atoms with van der Waals surface area (Å²) in [6.45, 7) is 0. The molecule has 0 atom stereocenters. The van der Waals surface area contributed by atoms with E-state index in [1.165, 1.54) is 0 Å². The summed E-state index contributed by atoms with van der Waals surface area (Å²) in [6.07, 6.45) is 3.23. The number of imidazole rings is 2. The van der Waals surface area contributed by atoms with Crippen LogP contribution in [0.1, 0.15) is 0 Å². The van der Waals surface area contributed by atoms with E-state index >= 15 is 0 Å². The molecule has 4 heteroatoms. The van der Waals surface area contributed by atoms with E-state index < -0.39 is 0 Å². The molecular weight excluding hydrogens is 164 g/mol. The molecule has 0 fully saturated rings. The molecule has 1 aliphatic heterocycles. The smallest absolute Gasteiger partial charge is 0.116 e. The van der Waals surface area contributed by atoms with Crippen LogP contribution in [0.15, 0.2) is 30.9 Å². The maximum absolute atomic E-state index is 4.17. The highest BCUT2D eigenvalue weighted by molar-refractivity contribution is 5.78. The quantitative estimate of drug-likeness (QED) is 0.555. The molecule has 0 saturated heterocycles. The van der Waals surface area contributed by atoms with Crippen LogP contribution in [0.2, 0.25) is 0 Å². The molecule has 0 bridgehead atoms. The highest BCUT2D eigenvalue weighted by Crippen LogP contribution is 2.18. The van der Waals surface area contributed by atoms with Gasteiger partial charge < -0.3 is 4.98 Å². The average Bonchev–Trinajstić information content (AvgIpc) is 2.72. The number of rotatable bonds is 0. The first-order chi connectivity index (χ1) is 6.43. The van der Waals surface area contributed by atoms with Crippen molar-refractivity contribution in [2.45, 2.75) is 0 Å². The fourth-order valence-electron chi connectivity index (χ4n) is 1.38. The van der Waals surface area contributed by atoms with Gasteiger partial charge in [-0.3, -0.25) is 0 Å². The fourth-order valence-corrected chi connectivity index (χ4v) is 1.38. The number of nitrogens with zero attached hydrogens (tertiary/aromatic N) is 3. The lowest BCUT2D eigenvalue weighted by molar-refractivity contribution is 1.33. The van der Waals surface area contributed by atoms with E-state index in [0.29, 0.717) is 0 Å². The van der Waals surface area contributed by atoms with Gasteiger partial charge in [0.2, 0.25) is 0 Å². The van der Waals surface area contributed by atoms with Crippen LogP contribution in [-0.4, -0.2) is 19.9 Å². The number of fused-ring (bicyclic) bond motifs is 2. The van der Waals surface area contributed by atoms with E-state index in [9.17, 15) is 0 Å². The van der Waals surface area contributed by atoms with Crippen molar-refractivity contribution in [3.05, 3.63) is 30.9 Å². The van der Waals surface area contributed by atoms with E-state index in [2.05, 4.69) is 19.9 Å². The lowest BCUT2D eigenvalue weighted by Gasteiger charge is -1.82. The van der Waals surface area contributed by atoms with Gasteiger partial charge in [-0.25, -0.2) is 15.0 Å². The first kappa shape index (κ1) is 6.54. The van der Waals surface area contributed by atoms with Gasteiger partial charge >= 0.3 is 0 Å². The standard InChI is InChI=1S/C9H6N4/c1-2-7-9(13-5-11-7)3-8-6(1)10-4-12-8/h1-5H,(H,10,12). The van der Waals surface area contributed by atoms with Crippen molar-refractivity contribution in [2.24, 2.45) is 0 Å². The Labute approximate surface area is 74.0 Å². The first-order valence-corrected chi connectivity index (χ1v) is 3.97. The monoisotopic (exact) mass is 170 g/mol. The van der Waals surface area contributed by atoms with Crippen LogP contribution >= 0.6 is 0 Å². The number of nitrogens with one attached hydrogen (secondary N) is 1. The number of aromatic nitrogens is 4. The van der Waals surface area contributed by atoms with E-state index in [1.54, 1.807) is 12.7 Å². The third-order valence-corrected chi connectivity index (χ3v) is 2.04. The van der Waals surface area contributed by atoms with Gasteiger partial charge in [0.05, 0.1) is 28.7 Å². The van der Waals surface area contributed by atoms with Crippen molar-refractivity contribution >= 4 is 11.0 Å². The van der Waals surface area contributed by atoms with Gasteiger partial charge in [-0.05, 0) is 18.2 Å². The van der Waals surface area contributed by atoms with Gasteiger partial charge in [0.1, 0.15) is 6.33 Å². The Morgan fingerprint density at radius 1 is 1.00 bits per heavy atom. The summed E-state index contributed by atoms with van der Waals surface area (Å²) in [6, 6.07) is 5.82. The number of hydrogen-bond acceptors (Lipinski definition) is 3. The zero-order valence-electron chi connectivity index (χ0n) is 6.73. The predicted octanol–water partition coefficient (Wildman–Crippen LogP) is 1.46. The molecule has 0 amide bonds. The minimum Gasteiger partial charge on any atom is -0.345 e. The van der Waals surface area contributed by atoms with Crippen molar-refractivity contribution in [1.82, 2.24) is 19.9 Å². The fraction of sp³-hybridized carbons (Fsp3) is 0. The third kappa shape index (κ3) is 0.885. The molecule has 1 aromatic rings. The maximum atomic E-state index is 4.17. The summed E-state index contributed by atoms with van der Waals surface area (Å²) in [5.74, 6) is 0. The van der Waals surface area contributed by atoms with Crippen molar-refractivity contribution in [2.75, 3.05) is 0 Å². The topological polar surface area (TPSA) is 54.5 Å². The van der Waals surface area contributed by atoms with Crippen LogP contribution < -0.4 is 0 Å². The molecule has 13 heavy (non-hydrogen) atoms. The Morgan fingerprint density at radius 2 is 1.92 bits per heavy atom. The molecule has 2 heterocycles. The largest absolute Gasteiger partial charge is 0.345 e. The van der Waals surface area contributed by atoms with Crippen LogP contribution in [-0.2, 0) is 0 Å². The Morgan fingerprint density at radius 3 is 2.92 bits per heavy atom. The van der Waals surface area contributed by atoms with Crippen molar-refractivity contribution in [3.8, 4) is 11.4 Å². The zero-order valence-corrected chi connectivity index (χ0v) is 6.73. The van der Waals surface area contributed by atoms with Gasteiger partial charge in [0.15, 0.2) is 0 Å². The normalized spacial score (nSPS) is 11.1. The van der Waals surface area contributed by atoms with Crippen LogP contribution in [0.25, 0.3) is 22.4 Å². The van der Waals surface area contributed by atoms with E-state index in [4.69, 9.17) is 0 Å². The molecule has 1 aromatic heterocycles. The molecule has 1 aliphatic carbocycles. The second-order valence-corrected chi connectivity index (χ2v) is 2.82. The van der Waals surface area contributed by atoms with Gasteiger partial charge in [0, 0.05) is 0 Å². The zero-order chi connectivity index (χ0) is 8.67. The number of H-pyrrole nitrogens is 1. The average molecular weight is 170 g/mol. The highest BCUT2D eigenvalue weighted by Gasteiger charge is 2.04. The lowest BCUT2D eigenvalue weighted by atomic mass is 10.3. The summed E-state index contributed by atoms with van der Waals surface area (Å²) in [7, 11) is 0. The minimum atomic E-state index is 0.877. The summed E-state index contributed by atoms with van der Waals surface area (Å²) >= 11 is 0. The van der Waals surface area contributed by atoms with Gasteiger partial charge in [-0.2, -0.15) is 0 Å². The Balaban J connectivity index is 2.51. The second kappa shape index (κ2) is 2.26. The molecule has 0 spiro atoms. The van der Waals surface area contributed by atoms with E-state index in [-0.39, 0.29) is 0 Å². The molecule has 0 radical (unpaired) electrons. The summed E-state index contributed by atoms with van der Waals surface area (Å²) < 4.78 is 0. The molecule has 0 unspecified atom stereocenters. The molecule has 1 N–H and O–H groups in total. The molecule has 4 nitrogen and oxygen atoms in total. The van der Waals surface area contributed by atoms with Crippen LogP contribution in [0.5, 0.6) is 0 Å². The molecule has 2 aliphatic rings. The molecule has 0 saturated carbocycles. The van der Waals surface area contributed by atoms with E-state index in [1.807, 2.05) is 18.2 Å². The Bertz CT molecular complexity index is 528. The van der Waals surface area contributed by atoms with Crippen molar-refractivity contribution in [3.63, 3.8) is 0 Å². The lowest BCUT2D eigenvalue weighted by Crippen LogP contribution is -1.69. The molecule has 3 rings (SSSR count). The SMILES string of the molecule is c1nc2ccc3[nH]cnc3cc-2n1. The molecular formula is C9H6N4. The molecule has 0 aromatic carbocycles. The second-order valence-electron chi connectivity index (χ2n) is 2.82. The summed E-state index contributed by atoms with van der Waals surface area (Å²) in [5, 5.41) is 0. The highest BCUT2D eigenvalue weighted by atomic mass is 14.9. The summed E-state index contributed by atoms with van der Waals surface area (Å²) in [4.78, 5) is 15.4. The summed E-state index contributed by atoms with van der Waals surface area (Å²) in [5.41, 5.74) is 3.68. The Hall–Kier alpha value is -1.97. The van der Waals surface area contributed by atoms with Gasteiger partial charge in [-0.1, -0.05) is 0 Å². The number of aromatic amines is 1. The van der Waals surface area contributed by atoms with Gasteiger partial charge in [-0.15, -0.1) is 0 Å².